The molecule has 28 heavy (non-hydrogen) atoms. The molecule has 8 heteroatoms. The van der Waals surface area contributed by atoms with Crippen molar-refractivity contribution < 1.29 is 17.6 Å². The van der Waals surface area contributed by atoms with E-state index in [1.807, 2.05) is 31.2 Å². The van der Waals surface area contributed by atoms with Crippen LogP contribution < -0.4 is 5.32 Å². The number of carbonyl (C=O) groups is 1. The molecule has 6 nitrogen and oxygen atoms in total. The second-order valence-corrected chi connectivity index (χ2v) is 8.85. The zero-order valence-corrected chi connectivity index (χ0v) is 16.6. The van der Waals surface area contributed by atoms with Crippen LogP contribution in [0.4, 0.5) is 4.39 Å². The molecular formula is C20H24FN3O3S. The SMILES string of the molecule is Cc1ccc(CNC(=O)CN2CCCN(Cc3cccc(F)c3)S2(=O)=O)cc1. The van der Waals surface area contributed by atoms with Crippen molar-refractivity contribution in [3.8, 4) is 0 Å². The van der Waals surface area contributed by atoms with Crippen LogP contribution in [0.25, 0.3) is 0 Å². The van der Waals surface area contributed by atoms with E-state index < -0.39 is 16.0 Å². The van der Waals surface area contributed by atoms with Gasteiger partial charge in [-0.3, -0.25) is 4.79 Å². The minimum absolute atomic E-state index is 0.0849. The molecule has 0 unspecified atom stereocenters. The zero-order valence-electron chi connectivity index (χ0n) is 15.8. The lowest BCUT2D eigenvalue weighted by molar-refractivity contribution is -0.121. The van der Waals surface area contributed by atoms with Gasteiger partial charge in [-0.1, -0.05) is 42.0 Å². The Bertz CT molecular complexity index is 932. The number of amides is 1. The van der Waals surface area contributed by atoms with Gasteiger partial charge >= 0.3 is 0 Å². The predicted octanol–water partition coefficient (Wildman–Crippen LogP) is 2.20. The van der Waals surface area contributed by atoms with Crippen LogP contribution in [0.3, 0.4) is 0 Å². The van der Waals surface area contributed by atoms with Crippen molar-refractivity contribution in [3.05, 3.63) is 71.0 Å². The number of aryl methyl sites for hydroxylation is 1. The first-order valence-electron chi connectivity index (χ1n) is 9.16. The second-order valence-electron chi connectivity index (χ2n) is 6.92. The summed E-state index contributed by atoms with van der Waals surface area (Å²) in [4.78, 5) is 12.3. The molecule has 0 saturated carbocycles. The van der Waals surface area contributed by atoms with Gasteiger partial charge in [0.2, 0.25) is 5.91 Å². The van der Waals surface area contributed by atoms with E-state index in [1.54, 1.807) is 12.1 Å². The van der Waals surface area contributed by atoms with Crippen LogP contribution >= 0.6 is 0 Å². The highest BCUT2D eigenvalue weighted by molar-refractivity contribution is 7.86. The fourth-order valence-corrected chi connectivity index (χ4v) is 4.74. The van der Waals surface area contributed by atoms with Gasteiger partial charge in [0.25, 0.3) is 10.2 Å². The zero-order chi connectivity index (χ0) is 20.1. The van der Waals surface area contributed by atoms with Crippen molar-refractivity contribution in [3.63, 3.8) is 0 Å². The van der Waals surface area contributed by atoms with E-state index in [1.165, 1.54) is 20.7 Å². The summed E-state index contributed by atoms with van der Waals surface area (Å²) in [5, 5.41) is 2.76. The molecule has 1 fully saturated rings. The maximum atomic E-state index is 13.4. The van der Waals surface area contributed by atoms with Gasteiger partial charge in [-0.2, -0.15) is 17.0 Å². The lowest BCUT2D eigenvalue weighted by Gasteiger charge is -2.34. The highest BCUT2D eigenvalue weighted by Crippen LogP contribution is 2.19. The van der Waals surface area contributed by atoms with Gasteiger partial charge in [0.1, 0.15) is 5.82 Å². The monoisotopic (exact) mass is 405 g/mol. The van der Waals surface area contributed by atoms with Crippen molar-refractivity contribution in [1.82, 2.24) is 13.9 Å². The maximum absolute atomic E-state index is 13.4. The van der Waals surface area contributed by atoms with Crippen molar-refractivity contribution >= 4 is 16.1 Å². The Morgan fingerprint density at radius 3 is 2.50 bits per heavy atom. The van der Waals surface area contributed by atoms with E-state index in [4.69, 9.17) is 0 Å². The molecule has 0 aromatic heterocycles. The van der Waals surface area contributed by atoms with Crippen LogP contribution in [0.1, 0.15) is 23.1 Å². The lowest BCUT2D eigenvalue weighted by Crippen LogP contribution is -2.52. The fraction of sp³-hybridized carbons (Fsp3) is 0.350. The highest BCUT2D eigenvalue weighted by Gasteiger charge is 2.34. The van der Waals surface area contributed by atoms with Crippen molar-refractivity contribution in [2.24, 2.45) is 0 Å². The van der Waals surface area contributed by atoms with Crippen molar-refractivity contribution in [2.45, 2.75) is 26.4 Å². The molecule has 1 aliphatic rings. The quantitative estimate of drug-likeness (QED) is 0.801. The minimum atomic E-state index is -3.78. The molecule has 0 spiro atoms. The molecule has 1 saturated heterocycles. The Balaban J connectivity index is 1.59. The first-order chi connectivity index (χ1) is 13.3. The number of nitrogens with zero attached hydrogens (tertiary/aromatic N) is 2. The number of nitrogens with one attached hydrogen (secondary N) is 1. The topological polar surface area (TPSA) is 69.7 Å². The van der Waals surface area contributed by atoms with E-state index in [2.05, 4.69) is 5.32 Å². The standard InChI is InChI=1S/C20H24FN3O3S/c1-16-6-8-17(9-7-16)13-22-20(25)15-24-11-3-10-23(28(24,26)27)14-18-4-2-5-19(21)12-18/h2,4-9,12H,3,10-11,13-15H2,1H3,(H,22,25). The Morgan fingerprint density at radius 1 is 1.07 bits per heavy atom. The number of carbonyl (C=O) groups excluding carboxylic acids is 1. The summed E-state index contributed by atoms with van der Waals surface area (Å²) in [6.45, 7) is 2.83. The third-order valence-corrected chi connectivity index (χ3v) is 6.57. The van der Waals surface area contributed by atoms with E-state index >= 15 is 0 Å². The van der Waals surface area contributed by atoms with Gasteiger partial charge in [-0.25, -0.2) is 4.39 Å². The third kappa shape index (κ3) is 5.15. The predicted molar refractivity (Wildman–Crippen MR) is 105 cm³/mol. The molecule has 3 rings (SSSR count). The number of rotatable bonds is 6. The number of hydrogen-bond acceptors (Lipinski definition) is 3. The molecule has 1 N–H and O–H groups in total. The summed E-state index contributed by atoms with van der Waals surface area (Å²) in [6.07, 6.45) is 0.611. The Morgan fingerprint density at radius 2 is 1.79 bits per heavy atom. The summed E-state index contributed by atoms with van der Waals surface area (Å²) >= 11 is 0. The summed E-state index contributed by atoms with van der Waals surface area (Å²) in [5.41, 5.74) is 2.66. The molecular weight excluding hydrogens is 381 g/mol. The van der Waals surface area contributed by atoms with Crippen LogP contribution in [-0.4, -0.2) is 42.6 Å². The Hall–Kier alpha value is -2.29. The normalized spacial score (nSPS) is 17.4. The van der Waals surface area contributed by atoms with Crippen molar-refractivity contribution in [1.29, 1.82) is 0 Å². The second kappa shape index (κ2) is 8.81. The van der Waals surface area contributed by atoms with E-state index in [0.717, 1.165) is 11.1 Å². The summed E-state index contributed by atoms with van der Waals surface area (Å²) in [5.74, 6) is -0.754. The van der Waals surface area contributed by atoms with Gasteiger partial charge in [0, 0.05) is 26.2 Å². The molecule has 0 bridgehead atoms. The first kappa shape index (κ1) is 20.4. The van der Waals surface area contributed by atoms with Crippen molar-refractivity contribution in [2.75, 3.05) is 19.6 Å². The van der Waals surface area contributed by atoms with Gasteiger partial charge in [0.05, 0.1) is 6.54 Å². The van der Waals surface area contributed by atoms with E-state index in [0.29, 0.717) is 31.6 Å². The number of hydrogen-bond donors (Lipinski definition) is 1. The molecule has 0 atom stereocenters. The average Bonchev–Trinajstić information content (AvgIpc) is 2.65. The summed E-state index contributed by atoms with van der Waals surface area (Å²) in [7, 11) is -3.78. The van der Waals surface area contributed by atoms with Crippen LogP contribution in [0, 0.1) is 12.7 Å². The fourth-order valence-electron chi connectivity index (χ4n) is 3.10. The molecule has 1 aliphatic heterocycles. The lowest BCUT2D eigenvalue weighted by atomic mass is 10.1. The first-order valence-corrected chi connectivity index (χ1v) is 10.6. The molecule has 1 heterocycles. The number of benzene rings is 2. The molecule has 2 aromatic carbocycles. The highest BCUT2D eigenvalue weighted by atomic mass is 32.2. The maximum Gasteiger partial charge on any atom is 0.282 e. The number of halogens is 1. The van der Waals surface area contributed by atoms with Gasteiger partial charge in [0.15, 0.2) is 0 Å². The van der Waals surface area contributed by atoms with E-state index in [9.17, 15) is 17.6 Å². The minimum Gasteiger partial charge on any atom is -0.351 e. The molecule has 2 aromatic rings. The van der Waals surface area contributed by atoms with E-state index in [-0.39, 0.29) is 19.0 Å². The van der Waals surface area contributed by atoms with Crippen LogP contribution in [0.2, 0.25) is 0 Å². The largest absolute Gasteiger partial charge is 0.351 e. The van der Waals surface area contributed by atoms with Crippen LogP contribution in [-0.2, 0) is 28.1 Å². The molecule has 0 radical (unpaired) electrons. The summed E-state index contributed by atoms with van der Waals surface area (Å²) in [6, 6.07) is 13.6. The summed E-state index contributed by atoms with van der Waals surface area (Å²) < 4.78 is 41.5. The van der Waals surface area contributed by atoms with Gasteiger partial charge in [-0.05, 0) is 36.6 Å². The Kier molecular flexibility index (Phi) is 6.43. The smallest absolute Gasteiger partial charge is 0.282 e. The van der Waals surface area contributed by atoms with Gasteiger partial charge in [-0.15, -0.1) is 0 Å². The van der Waals surface area contributed by atoms with Gasteiger partial charge < -0.3 is 5.32 Å². The Labute approximate surface area is 165 Å². The molecule has 0 aliphatic carbocycles. The van der Waals surface area contributed by atoms with Crippen LogP contribution in [0.5, 0.6) is 0 Å². The average molecular weight is 405 g/mol. The third-order valence-electron chi connectivity index (χ3n) is 4.65. The molecule has 1 amide bonds. The van der Waals surface area contributed by atoms with Crippen LogP contribution in [0.15, 0.2) is 48.5 Å². The molecule has 150 valence electrons.